The molecule has 7 nitrogen and oxygen atoms in total. The van der Waals surface area contributed by atoms with Crippen molar-refractivity contribution in [3.63, 3.8) is 0 Å². The van der Waals surface area contributed by atoms with Gasteiger partial charge < -0.3 is 33.6 Å². The number of benzene rings is 2. The van der Waals surface area contributed by atoms with E-state index in [1.807, 2.05) is 18.2 Å². The highest BCUT2D eigenvalue weighted by molar-refractivity contribution is 5.62. The second-order valence-corrected chi connectivity index (χ2v) is 7.85. The molecule has 5 rings (SSSR count). The molecule has 2 aliphatic rings. The van der Waals surface area contributed by atoms with Crippen molar-refractivity contribution in [2.45, 2.75) is 29.6 Å². The van der Waals surface area contributed by atoms with Crippen LogP contribution in [0.25, 0.3) is 0 Å². The third kappa shape index (κ3) is 2.47. The molecule has 3 aromatic rings. The SMILES string of the molecule is COc1ccc([C@@]23Oc4cc(OC)cc(OC)c4[C@]2(O)C(O)C[C@H]3c2ccco2)cc1. The first kappa shape index (κ1) is 19.8. The Kier molecular flexibility index (Phi) is 4.42. The van der Waals surface area contributed by atoms with Gasteiger partial charge in [-0.15, -0.1) is 0 Å². The van der Waals surface area contributed by atoms with E-state index in [1.165, 1.54) is 7.11 Å². The van der Waals surface area contributed by atoms with Crippen LogP contribution in [-0.2, 0) is 11.2 Å². The predicted octanol–water partition coefficient (Wildman–Crippen LogP) is 3.33. The van der Waals surface area contributed by atoms with E-state index in [2.05, 4.69) is 0 Å². The maximum absolute atomic E-state index is 12.3. The maximum atomic E-state index is 12.3. The number of hydrogen-bond donors (Lipinski definition) is 2. The molecule has 2 aromatic carbocycles. The number of aliphatic hydroxyl groups excluding tert-OH is 1. The minimum atomic E-state index is -1.79. The van der Waals surface area contributed by atoms with Crippen LogP contribution in [0.3, 0.4) is 0 Å². The van der Waals surface area contributed by atoms with Crippen molar-refractivity contribution >= 4 is 0 Å². The van der Waals surface area contributed by atoms with Gasteiger partial charge in [-0.2, -0.15) is 0 Å². The molecule has 4 atom stereocenters. The molecule has 1 fully saturated rings. The summed E-state index contributed by atoms with van der Waals surface area (Å²) < 4.78 is 28.6. The lowest BCUT2D eigenvalue weighted by molar-refractivity contribution is -0.150. The fourth-order valence-electron chi connectivity index (χ4n) is 5.17. The normalized spacial score (nSPS) is 28.5. The zero-order valence-electron chi connectivity index (χ0n) is 17.5. The summed E-state index contributed by atoms with van der Waals surface area (Å²) in [5, 5.41) is 23.5. The van der Waals surface area contributed by atoms with Crippen LogP contribution >= 0.6 is 0 Å². The molecule has 1 aliphatic carbocycles. The van der Waals surface area contributed by atoms with E-state index in [4.69, 9.17) is 23.4 Å². The number of ether oxygens (including phenoxy) is 4. The van der Waals surface area contributed by atoms with Gasteiger partial charge in [0.25, 0.3) is 0 Å². The van der Waals surface area contributed by atoms with Crippen molar-refractivity contribution in [1.82, 2.24) is 0 Å². The predicted molar refractivity (Wildman–Crippen MR) is 111 cm³/mol. The highest BCUT2D eigenvalue weighted by Crippen LogP contribution is 2.68. The Bertz CT molecular complexity index is 1090. The summed E-state index contributed by atoms with van der Waals surface area (Å²) >= 11 is 0. The molecule has 2 heterocycles. The van der Waals surface area contributed by atoms with Gasteiger partial charge in [-0.1, -0.05) is 12.1 Å². The molecule has 162 valence electrons. The Hall–Kier alpha value is -3.16. The number of rotatable bonds is 5. The smallest absolute Gasteiger partial charge is 0.179 e. The van der Waals surface area contributed by atoms with E-state index in [0.29, 0.717) is 39.9 Å². The summed E-state index contributed by atoms with van der Waals surface area (Å²) in [5.41, 5.74) is -2.05. The van der Waals surface area contributed by atoms with Crippen molar-refractivity contribution in [2.75, 3.05) is 21.3 Å². The highest BCUT2D eigenvalue weighted by atomic mass is 16.5. The van der Waals surface area contributed by atoms with Gasteiger partial charge >= 0.3 is 0 Å². The first-order chi connectivity index (χ1) is 15.0. The van der Waals surface area contributed by atoms with Crippen molar-refractivity contribution < 1.29 is 33.6 Å². The molecule has 7 heteroatoms. The molecule has 0 bridgehead atoms. The van der Waals surface area contributed by atoms with Gasteiger partial charge in [0.15, 0.2) is 11.2 Å². The van der Waals surface area contributed by atoms with Crippen LogP contribution < -0.4 is 18.9 Å². The van der Waals surface area contributed by atoms with Crippen LogP contribution in [0.2, 0.25) is 0 Å². The summed E-state index contributed by atoms with van der Waals surface area (Å²) in [7, 11) is 4.65. The quantitative estimate of drug-likeness (QED) is 0.649. The van der Waals surface area contributed by atoms with Crippen molar-refractivity contribution in [2.24, 2.45) is 0 Å². The molecule has 31 heavy (non-hydrogen) atoms. The molecule has 0 saturated heterocycles. The summed E-state index contributed by atoms with van der Waals surface area (Å²) in [6.07, 6.45) is 0.685. The van der Waals surface area contributed by atoms with Crippen LogP contribution in [-0.4, -0.2) is 37.6 Å². The number of methoxy groups -OCH3 is 3. The molecule has 1 aromatic heterocycles. The van der Waals surface area contributed by atoms with E-state index in [0.717, 1.165) is 0 Å². The van der Waals surface area contributed by atoms with Crippen LogP contribution in [0.5, 0.6) is 23.0 Å². The Morgan fingerprint density at radius 1 is 0.968 bits per heavy atom. The van der Waals surface area contributed by atoms with Crippen molar-refractivity contribution in [1.29, 1.82) is 0 Å². The molecule has 1 saturated carbocycles. The van der Waals surface area contributed by atoms with E-state index in [-0.39, 0.29) is 6.42 Å². The molecular formula is C24H24O7. The topological polar surface area (TPSA) is 90.5 Å². The van der Waals surface area contributed by atoms with Crippen LogP contribution in [0, 0.1) is 0 Å². The van der Waals surface area contributed by atoms with Crippen LogP contribution in [0.15, 0.2) is 59.2 Å². The first-order valence-corrected chi connectivity index (χ1v) is 10.0. The lowest BCUT2D eigenvalue weighted by atomic mass is 9.72. The minimum absolute atomic E-state index is 0.241. The molecule has 0 amide bonds. The second kappa shape index (κ2) is 6.93. The average Bonchev–Trinajstić information content (AvgIpc) is 3.47. The third-order valence-electron chi connectivity index (χ3n) is 6.55. The summed E-state index contributed by atoms with van der Waals surface area (Å²) in [4.78, 5) is 0. The van der Waals surface area contributed by atoms with Crippen LogP contribution in [0.1, 0.15) is 29.2 Å². The lowest BCUT2D eigenvalue weighted by Gasteiger charge is -2.40. The fraction of sp³-hybridized carbons (Fsp3) is 0.333. The second-order valence-electron chi connectivity index (χ2n) is 7.85. The van der Waals surface area contributed by atoms with Gasteiger partial charge in [-0.25, -0.2) is 0 Å². The number of aliphatic hydroxyl groups is 2. The van der Waals surface area contributed by atoms with Gasteiger partial charge in [0.05, 0.1) is 45.2 Å². The highest BCUT2D eigenvalue weighted by Gasteiger charge is 2.74. The van der Waals surface area contributed by atoms with Gasteiger partial charge in [-0.05, 0) is 36.2 Å². The summed E-state index contributed by atoms with van der Waals surface area (Å²) in [5.74, 6) is 2.12. The molecule has 1 unspecified atom stereocenters. The molecule has 2 N–H and O–H groups in total. The summed E-state index contributed by atoms with van der Waals surface area (Å²) in [6, 6.07) is 14.3. The zero-order chi connectivity index (χ0) is 21.8. The monoisotopic (exact) mass is 424 g/mol. The molecule has 0 radical (unpaired) electrons. The number of furan rings is 1. The fourth-order valence-corrected chi connectivity index (χ4v) is 5.17. The van der Waals surface area contributed by atoms with E-state index in [1.54, 1.807) is 50.8 Å². The maximum Gasteiger partial charge on any atom is 0.179 e. The van der Waals surface area contributed by atoms with E-state index >= 15 is 0 Å². The molecule has 0 spiro atoms. The van der Waals surface area contributed by atoms with Gasteiger partial charge in [0.2, 0.25) is 0 Å². The minimum Gasteiger partial charge on any atom is -0.497 e. The number of fused-ring (bicyclic) bond motifs is 3. The third-order valence-corrected chi connectivity index (χ3v) is 6.55. The van der Waals surface area contributed by atoms with E-state index < -0.39 is 23.2 Å². The van der Waals surface area contributed by atoms with Gasteiger partial charge in [-0.3, -0.25) is 0 Å². The lowest BCUT2D eigenvalue weighted by Crippen LogP contribution is -2.52. The Labute approximate surface area is 179 Å². The zero-order valence-corrected chi connectivity index (χ0v) is 17.5. The Morgan fingerprint density at radius 2 is 1.71 bits per heavy atom. The van der Waals surface area contributed by atoms with Crippen LogP contribution in [0.4, 0.5) is 0 Å². The first-order valence-electron chi connectivity index (χ1n) is 10.0. The summed E-state index contributed by atoms with van der Waals surface area (Å²) in [6.45, 7) is 0. The van der Waals surface area contributed by atoms with Crippen molar-refractivity contribution in [3.8, 4) is 23.0 Å². The van der Waals surface area contributed by atoms with Gasteiger partial charge in [0.1, 0.15) is 28.8 Å². The number of hydrogen-bond acceptors (Lipinski definition) is 7. The molecular weight excluding hydrogens is 400 g/mol. The Morgan fingerprint density at radius 3 is 2.32 bits per heavy atom. The average molecular weight is 424 g/mol. The van der Waals surface area contributed by atoms with Gasteiger partial charge in [0, 0.05) is 12.1 Å². The molecule has 1 aliphatic heterocycles. The largest absolute Gasteiger partial charge is 0.497 e. The standard InChI is InChI=1S/C24H24O7/c1-27-15-8-6-14(7-9-15)24-17(18-5-4-10-30-18)13-21(25)23(24,26)22-19(29-3)11-16(28-2)12-20(22)31-24/h4-12,17,21,25-26H,13H2,1-3H3/t17-,21?,23+,24-/m0/s1. The Balaban J connectivity index is 1.80. The van der Waals surface area contributed by atoms with Crippen molar-refractivity contribution in [3.05, 3.63) is 71.7 Å². The van der Waals surface area contributed by atoms with E-state index in [9.17, 15) is 10.2 Å².